The Balaban J connectivity index is 1.86. The number of hydrogen-bond donors (Lipinski definition) is 1. The Morgan fingerprint density at radius 2 is 2.17 bits per heavy atom. The van der Waals surface area contributed by atoms with Gasteiger partial charge in [-0.25, -0.2) is 0 Å². The molecular formula is C19H30N4O. The fourth-order valence-corrected chi connectivity index (χ4v) is 3.91. The van der Waals surface area contributed by atoms with Gasteiger partial charge in [-0.15, -0.1) is 0 Å². The second-order valence-corrected chi connectivity index (χ2v) is 7.20. The first-order valence-corrected chi connectivity index (χ1v) is 9.36. The molecule has 0 saturated carbocycles. The molecule has 24 heavy (non-hydrogen) atoms. The molecule has 2 saturated heterocycles. The topological polar surface area (TPSA) is 48.5 Å². The SMILES string of the molecule is CCC1CNCCN1C(C(=O)N1CCC(C)CC1)c1cccnc1. The van der Waals surface area contributed by atoms with Crippen LogP contribution in [0.4, 0.5) is 0 Å². The number of carbonyl (C=O) groups is 1. The lowest BCUT2D eigenvalue weighted by molar-refractivity contribution is -0.140. The predicted octanol–water partition coefficient (Wildman–Crippen LogP) is 2.06. The van der Waals surface area contributed by atoms with Crippen molar-refractivity contribution in [2.45, 2.75) is 45.2 Å². The van der Waals surface area contributed by atoms with Crippen molar-refractivity contribution in [3.8, 4) is 0 Å². The zero-order valence-electron chi connectivity index (χ0n) is 14.9. The Kier molecular flexibility index (Phi) is 5.85. The number of aromatic nitrogens is 1. The van der Waals surface area contributed by atoms with Gasteiger partial charge in [0.05, 0.1) is 0 Å². The Bertz CT molecular complexity index is 527. The van der Waals surface area contributed by atoms with Crippen molar-refractivity contribution >= 4 is 5.91 Å². The Labute approximate surface area is 145 Å². The summed E-state index contributed by atoms with van der Waals surface area (Å²) in [5.74, 6) is 0.990. The van der Waals surface area contributed by atoms with Crippen molar-refractivity contribution < 1.29 is 4.79 Å². The summed E-state index contributed by atoms with van der Waals surface area (Å²) >= 11 is 0. The summed E-state index contributed by atoms with van der Waals surface area (Å²) in [4.78, 5) is 22.2. The van der Waals surface area contributed by atoms with Crippen LogP contribution in [-0.4, -0.2) is 59.5 Å². The maximum absolute atomic E-state index is 13.4. The minimum atomic E-state index is -0.195. The molecule has 5 heteroatoms. The number of carbonyl (C=O) groups excluding carboxylic acids is 1. The second-order valence-electron chi connectivity index (χ2n) is 7.20. The van der Waals surface area contributed by atoms with Crippen LogP contribution in [0.5, 0.6) is 0 Å². The van der Waals surface area contributed by atoms with Gasteiger partial charge >= 0.3 is 0 Å². The number of likely N-dealkylation sites (tertiary alicyclic amines) is 1. The van der Waals surface area contributed by atoms with E-state index >= 15 is 0 Å². The molecule has 0 spiro atoms. The van der Waals surface area contributed by atoms with Crippen LogP contribution in [0.25, 0.3) is 0 Å². The van der Waals surface area contributed by atoms with Crippen LogP contribution < -0.4 is 5.32 Å². The van der Waals surface area contributed by atoms with Gasteiger partial charge in [-0.05, 0) is 36.8 Å². The van der Waals surface area contributed by atoms with Crippen LogP contribution in [0.15, 0.2) is 24.5 Å². The highest BCUT2D eigenvalue weighted by Gasteiger charge is 2.36. The molecule has 2 unspecified atom stereocenters. The quantitative estimate of drug-likeness (QED) is 0.918. The molecule has 2 aliphatic rings. The molecular weight excluding hydrogens is 300 g/mol. The van der Waals surface area contributed by atoms with Gasteiger partial charge in [0.25, 0.3) is 0 Å². The first-order valence-electron chi connectivity index (χ1n) is 9.36. The molecule has 0 radical (unpaired) electrons. The number of piperazine rings is 1. The number of rotatable bonds is 4. The summed E-state index contributed by atoms with van der Waals surface area (Å²) < 4.78 is 0. The van der Waals surface area contributed by atoms with Gasteiger partial charge in [0, 0.05) is 51.2 Å². The third-order valence-electron chi connectivity index (χ3n) is 5.53. The van der Waals surface area contributed by atoms with Gasteiger partial charge in [0.2, 0.25) is 5.91 Å². The third kappa shape index (κ3) is 3.78. The van der Waals surface area contributed by atoms with Gasteiger partial charge in [-0.2, -0.15) is 0 Å². The Morgan fingerprint density at radius 1 is 1.38 bits per heavy atom. The third-order valence-corrected chi connectivity index (χ3v) is 5.53. The molecule has 1 aromatic heterocycles. The average Bonchev–Trinajstić information content (AvgIpc) is 2.64. The lowest BCUT2D eigenvalue weighted by Crippen LogP contribution is -2.56. The maximum atomic E-state index is 13.4. The van der Waals surface area contributed by atoms with Crippen molar-refractivity contribution in [3.05, 3.63) is 30.1 Å². The number of amides is 1. The van der Waals surface area contributed by atoms with E-state index in [4.69, 9.17) is 0 Å². The minimum Gasteiger partial charge on any atom is -0.341 e. The molecule has 0 bridgehead atoms. The van der Waals surface area contributed by atoms with E-state index in [1.807, 2.05) is 12.3 Å². The molecule has 2 aliphatic heterocycles. The van der Waals surface area contributed by atoms with E-state index in [0.29, 0.717) is 6.04 Å². The van der Waals surface area contributed by atoms with E-state index in [9.17, 15) is 4.79 Å². The standard InChI is InChI=1S/C19H30N4O/c1-3-17-14-21-9-12-23(17)18(16-5-4-8-20-13-16)19(24)22-10-6-15(2)7-11-22/h4-5,8,13,15,17-18,21H,3,6-7,9-12,14H2,1-2H3. The van der Waals surface area contributed by atoms with E-state index in [-0.39, 0.29) is 11.9 Å². The van der Waals surface area contributed by atoms with Gasteiger partial charge in [0.15, 0.2) is 0 Å². The summed E-state index contributed by atoms with van der Waals surface area (Å²) in [6.07, 6.45) is 6.93. The van der Waals surface area contributed by atoms with Crippen LogP contribution in [0.2, 0.25) is 0 Å². The normalized spacial score (nSPS) is 24.8. The first-order chi connectivity index (χ1) is 11.7. The van der Waals surface area contributed by atoms with Gasteiger partial charge in [-0.1, -0.05) is 19.9 Å². The maximum Gasteiger partial charge on any atom is 0.244 e. The van der Waals surface area contributed by atoms with E-state index in [1.54, 1.807) is 6.20 Å². The molecule has 1 aromatic rings. The molecule has 0 aliphatic carbocycles. The number of hydrogen-bond acceptors (Lipinski definition) is 4. The van der Waals surface area contributed by atoms with Crippen molar-refractivity contribution in [3.63, 3.8) is 0 Å². The number of pyridine rings is 1. The summed E-state index contributed by atoms with van der Waals surface area (Å²) in [6, 6.07) is 4.20. The fraction of sp³-hybridized carbons (Fsp3) is 0.684. The molecule has 5 nitrogen and oxygen atoms in total. The molecule has 1 N–H and O–H groups in total. The van der Waals surface area contributed by atoms with Crippen LogP contribution in [0.3, 0.4) is 0 Å². The molecule has 3 heterocycles. The van der Waals surface area contributed by atoms with Crippen molar-refractivity contribution in [1.82, 2.24) is 20.1 Å². The second kappa shape index (κ2) is 8.08. The van der Waals surface area contributed by atoms with E-state index in [0.717, 1.165) is 63.5 Å². The monoisotopic (exact) mass is 330 g/mol. The van der Waals surface area contributed by atoms with Gasteiger partial charge in [0.1, 0.15) is 6.04 Å². The highest BCUT2D eigenvalue weighted by Crippen LogP contribution is 2.28. The smallest absolute Gasteiger partial charge is 0.244 e. The van der Waals surface area contributed by atoms with Crippen molar-refractivity contribution in [2.24, 2.45) is 5.92 Å². The molecule has 132 valence electrons. The van der Waals surface area contributed by atoms with Crippen LogP contribution in [-0.2, 0) is 4.79 Å². The largest absolute Gasteiger partial charge is 0.341 e. The van der Waals surface area contributed by atoms with Crippen molar-refractivity contribution in [1.29, 1.82) is 0 Å². The average molecular weight is 330 g/mol. The minimum absolute atomic E-state index is 0.195. The summed E-state index contributed by atoms with van der Waals surface area (Å²) in [6.45, 7) is 9.07. The Morgan fingerprint density at radius 3 is 2.83 bits per heavy atom. The zero-order valence-corrected chi connectivity index (χ0v) is 14.9. The highest BCUT2D eigenvalue weighted by atomic mass is 16.2. The van der Waals surface area contributed by atoms with E-state index in [2.05, 4.69) is 40.0 Å². The van der Waals surface area contributed by atoms with Gasteiger partial charge < -0.3 is 10.2 Å². The fourth-order valence-electron chi connectivity index (χ4n) is 3.91. The summed E-state index contributed by atoms with van der Waals surface area (Å²) in [5.41, 5.74) is 1.03. The number of nitrogens with zero attached hydrogens (tertiary/aromatic N) is 3. The van der Waals surface area contributed by atoms with Crippen molar-refractivity contribution in [2.75, 3.05) is 32.7 Å². The zero-order chi connectivity index (χ0) is 16.9. The summed E-state index contributed by atoms with van der Waals surface area (Å²) in [7, 11) is 0. The number of nitrogens with one attached hydrogen (secondary N) is 1. The van der Waals surface area contributed by atoms with Crippen LogP contribution >= 0.6 is 0 Å². The molecule has 2 atom stereocenters. The lowest BCUT2D eigenvalue weighted by atomic mass is 9.96. The summed E-state index contributed by atoms with van der Waals surface area (Å²) in [5, 5.41) is 3.46. The molecule has 1 amide bonds. The van der Waals surface area contributed by atoms with Crippen LogP contribution in [0, 0.1) is 5.92 Å². The number of piperidine rings is 1. The van der Waals surface area contributed by atoms with E-state index in [1.165, 1.54) is 0 Å². The predicted molar refractivity (Wildman–Crippen MR) is 95.6 cm³/mol. The molecule has 2 fully saturated rings. The van der Waals surface area contributed by atoms with Crippen LogP contribution in [0.1, 0.15) is 44.7 Å². The Hall–Kier alpha value is -1.46. The van der Waals surface area contributed by atoms with E-state index < -0.39 is 0 Å². The lowest BCUT2D eigenvalue weighted by Gasteiger charge is -2.43. The molecule has 3 rings (SSSR count). The molecule has 0 aromatic carbocycles. The van der Waals surface area contributed by atoms with Gasteiger partial charge in [-0.3, -0.25) is 14.7 Å². The first kappa shape index (κ1) is 17.4. The highest BCUT2D eigenvalue weighted by molar-refractivity contribution is 5.83.